The highest BCUT2D eigenvalue weighted by atomic mass is 79.9. The summed E-state index contributed by atoms with van der Waals surface area (Å²) in [5.41, 5.74) is 2.36. The van der Waals surface area contributed by atoms with Crippen LogP contribution < -0.4 is 0 Å². The molecular formula is C17H22BrN. The van der Waals surface area contributed by atoms with Gasteiger partial charge in [0.25, 0.3) is 0 Å². The first-order valence-electron chi connectivity index (χ1n) is 7.31. The molecule has 0 bridgehead atoms. The van der Waals surface area contributed by atoms with E-state index < -0.39 is 0 Å². The van der Waals surface area contributed by atoms with Crippen LogP contribution in [0.2, 0.25) is 0 Å². The van der Waals surface area contributed by atoms with E-state index in [0.29, 0.717) is 0 Å². The van der Waals surface area contributed by atoms with Crippen LogP contribution in [0.25, 0.3) is 10.9 Å². The van der Waals surface area contributed by atoms with Crippen LogP contribution in [0.5, 0.6) is 0 Å². The lowest BCUT2D eigenvalue weighted by atomic mass is 10.1. The molecule has 1 heterocycles. The molecule has 102 valence electrons. The molecular weight excluding hydrogens is 298 g/mol. The van der Waals surface area contributed by atoms with Gasteiger partial charge in [0.15, 0.2) is 0 Å². The van der Waals surface area contributed by atoms with Crippen molar-refractivity contribution in [1.82, 2.24) is 4.98 Å². The Kier molecular flexibility index (Phi) is 6.35. The third-order valence-electron chi connectivity index (χ3n) is 3.47. The average Bonchev–Trinajstić information content (AvgIpc) is 2.46. The fourth-order valence-corrected chi connectivity index (χ4v) is 2.75. The number of aromatic nitrogens is 1. The zero-order chi connectivity index (χ0) is 13.3. The van der Waals surface area contributed by atoms with E-state index in [9.17, 15) is 0 Å². The topological polar surface area (TPSA) is 12.9 Å². The van der Waals surface area contributed by atoms with Gasteiger partial charge in [-0.15, -0.1) is 0 Å². The molecule has 0 aliphatic heterocycles. The number of alkyl halides is 1. The largest absolute Gasteiger partial charge is 0.253 e. The molecule has 0 atom stereocenters. The van der Waals surface area contributed by atoms with Crippen LogP contribution in [0.3, 0.4) is 0 Å². The predicted molar refractivity (Wildman–Crippen MR) is 86.9 cm³/mol. The van der Waals surface area contributed by atoms with Crippen LogP contribution in [0.15, 0.2) is 36.4 Å². The number of unbranched alkanes of at least 4 members (excludes halogenated alkanes) is 5. The van der Waals surface area contributed by atoms with Gasteiger partial charge in [-0.2, -0.15) is 0 Å². The lowest BCUT2D eigenvalue weighted by Gasteiger charge is -2.03. The van der Waals surface area contributed by atoms with Crippen molar-refractivity contribution in [3.05, 3.63) is 42.1 Å². The second-order valence-corrected chi connectivity index (χ2v) is 5.85. The smallest absolute Gasteiger partial charge is 0.0705 e. The summed E-state index contributed by atoms with van der Waals surface area (Å²) in [4.78, 5) is 4.72. The van der Waals surface area contributed by atoms with E-state index in [-0.39, 0.29) is 0 Å². The van der Waals surface area contributed by atoms with E-state index in [1.165, 1.54) is 49.6 Å². The third kappa shape index (κ3) is 4.94. The lowest BCUT2D eigenvalue weighted by Crippen LogP contribution is -1.91. The number of para-hydroxylation sites is 1. The molecule has 0 saturated heterocycles. The van der Waals surface area contributed by atoms with Crippen molar-refractivity contribution in [3.8, 4) is 0 Å². The molecule has 2 aromatic rings. The molecule has 2 rings (SSSR count). The first kappa shape index (κ1) is 14.5. The van der Waals surface area contributed by atoms with Crippen molar-refractivity contribution in [2.24, 2.45) is 0 Å². The number of nitrogens with zero attached hydrogens (tertiary/aromatic N) is 1. The first-order valence-corrected chi connectivity index (χ1v) is 8.43. The molecule has 0 amide bonds. The highest BCUT2D eigenvalue weighted by molar-refractivity contribution is 9.09. The maximum absolute atomic E-state index is 4.72. The zero-order valence-electron chi connectivity index (χ0n) is 11.4. The Morgan fingerprint density at radius 3 is 2.37 bits per heavy atom. The summed E-state index contributed by atoms with van der Waals surface area (Å²) in [6.07, 6.45) is 9.11. The zero-order valence-corrected chi connectivity index (χ0v) is 13.0. The second kappa shape index (κ2) is 8.31. The number of pyridine rings is 1. The standard InChI is InChI=1S/C17H22BrN/c18-14-8-4-2-1-3-5-10-16-13-12-15-9-6-7-11-17(15)19-16/h6-7,9,11-13H,1-5,8,10,14H2. The minimum absolute atomic E-state index is 1.11. The number of hydrogen-bond acceptors (Lipinski definition) is 1. The number of benzene rings is 1. The Labute approximate surface area is 124 Å². The SMILES string of the molecule is BrCCCCCCCCc1ccc2ccccc2n1. The van der Waals surface area contributed by atoms with Gasteiger partial charge in [-0.1, -0.05) is 65.9 Å². The molecule has 0 aliphatic carbocycles. The summed E-state index contributed by atoms with van der Waals surface area (Å²) >= 11 is 3.47. The van der Waals surface area contributed by atoms with E-state index in [1.807, 2.05) is 0 Å². The fourth-order valence-electron chi connectivity index (χ4n) is 2.36. The Morgan fingerprint density at radius 1 is 0.789 bits per heavy atom. The van der Waals surface area contributed by atoms with Crippen LogP contribution in [0, 0.1) is 0 Å². The average molecular weight is 320 g/mol. The van der Waals surface area contributed by atoms with Crippen LogP contribution >= 0.6 is 15.9 Å². The quantitative estimate of drug-likeness (QED) is 0.461. The Bertz CT molecular complexity index is 495. The van der Waals surface area contributed by atoms with Gasteiger partial charge >= 0.3 is 0 Å². The molecule has 19 heavy (non-hydrogen) atoms. The summed E-state index contributed by atoms with van der Waals surface area (Å²) in [6, 6.07) is 12.7. The first-order chi connectivity index (χ1) is 9.40. The van der Waals surface area contributed by atoms with Crippen LogP contribution in [-0.2, 0) is 6.42 Å². The highest BCUT2D eigenvalue weighted by Gasteiger charge is 1.98. The van der Waals surface area contributed by atoms with Gasteiger partial charge in [0, 0.05) is 16.4 Å². The van der Waals surface area contributed by atoms with E-state index in [2.05, 4.69) is 52.3 Å². The minimum Gasteiger partial charge on any atom is -0.253 e. The maximum atomic E-state index is 4.72. The van der Waals surface area contributed by atoms with Gasteiger partial charge in [0.1, 0.15) is 0 Å². The van der Waals surface area contributed by atoms with Crippen molar-refractivity contribution in [2.75, 3.05) is 5.33 Å². The normalized spacial score (nSPS) is 11.0. The maximum Gasteiger partial charge on any atom is 0.0705 e. The predicted octanol–water partition coefficient (Wildman–Crippen LogP) is 5.51. The summed E-state index contributed by atoms with van der Waals surface area (Å²) in [5, 5.41) is 2.38. The van der Waals surface area contributed by atoms with E-state index >= 15 is 0 Å². The van der Waals surface area contributed by atoms with Crippen molar-refractivity contribution in [3.63, 3.8) is 0 Å². The Morgan fingerprint density at radius 2 is 1.53 bits per heavy atom. The lowest BCUT2D eigenvalue weighted by molar-refractivity contribution is 0.607. The fraction of sp³-hybridized carbons (Fsp3) is 0.471. The number of rotatable bonds is 8. The summed E-state index contributed by atoms with van der Waals surface area (Å²) in [5.74, 6) is 0. The molecule has 1 nitrogen and oxygen atoms in total. The third-order valence-corrected chi connectivity index (χ3v) is 4.03. The van der Waals surface area contributed by atoms with E-state index in [1.54, 1.807) is 0 Å². The molecule has 1 aromatic carbocycles. The van der Waals surface area contributed by atoms with Crippen molar-refractivity contribution in [1.29, 1.82) is 0 Å². The van der Waals surface area contributed by atoms with Crippen LogP contribution in [-0.4, -0.2) is 10.3 Å². The minimum atomic E-state index is 1.11. The number of fused-ring (bicyclic) bond motifs is 1. The molecule has 0 N–H and O–H groups in total. The van der Waals surface area contributed by atoms with Crippen molar-refractivity contribution < 1.29 is 0 Å². The van der Waals surface area contributed by atoms with Gasteiger partial charge < -0.3 is 0 Å². The highest BCUT2D eigenvalue weighted by Crippen LogP contribution is 2.14. The summed E-state index contributed by atoms with van der Waals surface area (Å²) in [7, 11) is 0. The van der Waals surface area contributed by atoms with Gasteiger partial charge in [-0.3, -0.25) is 4.98 Å². The van der Waals surface area contributed by atoms with Crippen LogP contribution in [0.1, 0.15) is 44.2 Å². The molecule has 0 spiro atoms. The summed E-state index contributed by atoms with van der Waals surface area (Å²) in [6.45, 7) is 0. The molecule has 0 saturated carbocycles. The van der Waals surface area contributed by atoms with E-state index in [0.717, 1.165) is 17.3 Å². The monoisotopic (exact) mass is 319 g/mol. The van der Waals surface area contributed by atoms with Gasteiger partial charge in [-0.25, -0.2) is 0 Å². The number of aryl methyl sites for hydroxylation is 1. The van der Waals surface area contributed by atoms with E-state index in [4.69, 9.17) is 4.98 Å². The molecule has 2 heteroatoms. The second-order valence-electron chi connectivity index (χ2n) is 5.06. The molecule has 0 aliphatic rings. The summed E-state index contributed by atoms with van der Waals surface area (Å²) < 4.78 is 0. The van der Waals surface area contributed by atoms with Crippen molar-refractivity contribution >= 4 is 26.8 Å². The van der Waals surface area contributed by atoms with Crippen LogP contribution in [0.4, 0.5) is 0 Å². The number of halogens is 1. The van der Waals surface area contributed by atoms with Gasteiger partial charge in [0.05, 0.1) is 5.52 Å². The Hall–Kier alpha value is -0.890. The van der Waals surface area contributed by atoms with Gasteiger partial charge in [0.2, 0.25) is 0 Å². The molecule has 0 unspecified atom stereocenters. The molecule has 1 aromatic heterocycles. The Balaban J connectivity index is 1.72. The molecule has 0 fully saturated rings. The van der Waals surface area contributed by atoms with Gasteiger partial charge in [-0.05, 0) is 31.4 Å². The van der Waals surface area contributed by atoms with Crippen molar-refractivity contribution in [2.45, 2.75) is 44.9 Å². The number of hydrogen-bond donors (Lipinski definition) is 0. The molecule has 0 radical (unpaired) electrons.